The van der Waals surface area contributed by atoms with Crippen molar-refractivity contribution in [2.45, 2.75) is 0 Å². The summed E-state index contributed by atoms with van der Waals surface area (Å²) >= 11 is 1.47. The Hall–Kier alpha value is -5.15. The maximum absolute atomic E-state index is 13.0. The number of nitrogens with one attached hydrogen (secondary N) is 2. The van der Waals surface area contributed by atoms with Gasteiger partial charge in [0, 0.05) is 28.9 Å². The molecule has 0 aliphatic heterocycles. The number of nitro groups is 1. The van der Waals surface area contributed by atoms with Crippen molar-refractivity contribution in [1.82, 2.24) is 5.32 Å². The highest BCUT2D eigenvalue weighted by Gasteiger charge is 2.15. The van der Waals surface area contributed by atoms with Crippen LogP contribution >= 0.6 is 11.3 Å². The van der Waals surface area contributed by atoms with Gasteiger partial charge in [0.15, 0.2) is 5.78 Å². The molecule has 3 aromatic carbocycles. The van der Waals surface area contributed by atoms with Gasteiger partial charge in [-0.05, 0) is 88.6 Å². The molecule has 2 amide bonds. The standard InChI is InChI=1S/C29H21N3O5S/c33-27(15-8-20-6-13-25(14-7-20)32(36)37)22-9-11-24(12-10-22)30-29(35)26(18-21-16-17-38-19-21)31-28(34)23-4-2-1-3-5-23/h1-19H,(H,30,35)(H,31,34)/b15-8+,26-18-. The number of anilines is 1. The molecule has 0 atom stereocenters. The first-order chi connectivity index (χ1) is 18.4. The summed E-state index contributed by atoms with van der Waals surface area (Å²) in [5, 5.41) is 19.9. The zero-order valence-corrected chi connectivity index (χ0v) is 20.7. The summed E-state index contributed by atoms with van der Waals surface area (Å²) in [6, 6.07) is 22.6. The molecule has 1 heterocycles. The van der Waals surface area contributed by atoms with Gasteiger partial charge in [-0.25, -0.2) is 0 Å². The fraction of sp³-hybridized carbons (Fsp3) is 0. The largest absolute Gasteiger partial charge is 0.321 e. The second-order valence-electron chi connectivity index (χ2n) is 8.01. The second-order valence-corrected chi connectivity index (χ2v) is 8.79. The van der Waals surface area contributed by atoms with Crippen molar-refractivity contribution in [2.75, 3.05) is 5.32 Å². The minimum atomic E-state index is -0.516. The molecule has 0 aliphatic rings. The molecule has 4 aromatic rings. The number of carbonyl (C=O) groups excluding carboxylic acids is 3. The van der Waals surface area contributed by atoms with Gasteiger partial charge >= 0.3 is 0 Å². The van der Waals surface area contributed by atoms with E-state index in [4.69, 9.17) is 0 Å². The summed E-state index contributed by atoms with van der Waals surface area (Å²) in [5.74, 6) is -1.20. The van der Waals surface area contributed by atoms with Gasteiger partial charge in [-0.1, -0.05) is 24.3 Å². The molecule has 2 N–H and O–H groups in total. The molecule has 0 spiro atoms. The molecule has 188 valence electrons. The first-order valence-electron chi connectivity index (χ1n) is 11.4. The van der Waals surface area contributed by atoms with Crippen LogP contribution in [-0.2, 0) is 4.79 Å². The Bertz CT molecular complexity index is 1510. The van der Waals surface area contributed by atoms with Crippen molar-refractivity contribution >= 4 is 52.5 Å². The number of nitro benzene ring substituents is 1. The van der Waals surface area contributed by atoms with Crippen LogP contribution in [0.5, 0.6) is 0 Å². The highest BCUT2D eigenvalue weighted by molar-refractivity contribution is 7.08. The molecule has 0 unspecified atom stereocenters. The fourth-order valence-corrected chi connectivity index (χ4v) is 3.98. The minimum Gasteiger partial charge on any atom is -0.321 e. The highest BCUT2D eigenvalue weighted by atomic mass is 32.1. The van der Waals surface area contributed by atoms with E-state index in [1.165, 1.54) is 29.5 Å². The van der Waals surface area contributed by atoms with Gasteiger partial charge < -0.3 is 10.6 Å². The van der Waals surface area contributed by atoms with Crippen LogP contribution < -0.4 is 10.6 Å². The quantitative estimate of drug-likeness (QED) is 0.121. The van der Waals surface area contributed by atoms with E-state index in [1.807, 2.05) is 16.8 Å². The van der Waals surface area contributed by atoms with E-state index in [1.54, 1.807) is 78.9 Å². The molecule has 0 aliphatic carbocycles. The third kappa shape index (κ3) is 6.96. The minimum absolute atomic E-state index is 0.0286. The number of ketones is 1. The summed E-state index contributed by atoms with van der Waals surface area (Å²) in [5.41, 5.74) is 2.72. The van der Waals surface area contributed by atoms with Crippen molar-refractivity contribution in [3.63, 3.8) is 0 Å². The Kier molecular flexibility index (Phi) is 8.32. The summed E-state index contributed by atoms with van der Waals surface area (Å²) in [6.45, 7) is 0. The van der Waals surface area contributed by atoms with Crippen LogP contribution in [0.4, 0.5) is 11.4 Å². The number of thiophene rings is 1. The predicted octanol–water partition coefficient (Wildman–Crippen LogP) is 5.96. The number of hydrogen-bond donors (Lipinski definition) is 2. The molecular formula is C29H21N3O5S. The van der Waals surface area contributed by atoms with Gasteiger partial charge in [0.2, 0.25) is 0 Å². The number of nitrogens with zero attached hydrogens (tertiary/aromatic N) is 1. The summed E-state index contributed by atoms with van der Waals surface area (Å²) in [6.07, 6.45) is 4.53. The molecule has 8 nitrogen and oxygen atoms in total. The Morgan fingerprint density at radius 1 is 0.816 bits per heavy atom. The van der Waals surface area contributed by atoms with Crippen LogP contribution in [0.1, 0.15) is 31.8 Å². The molecular weight excluding hydrogens is 502 g/mol. The van der Waals surface area contributed by atoms with Gasteiger partial charge in [0.25, 0.3) is 17.5 Å². The summed E-state index contributed by atoms with van der Waals surface area (Å²) in [4.78, 5) is 48.5. The lowest BCUT2D eigenvalue weighted by atomic mass is 10.1. The number of allylic oxidation sites excluding steroid dienone is 1. The fourth-order valence-electron chi connectivity index (χ4n) is 3.36. The van der Waals surface area contributed by atoms with Crippen LogP contribution in [0.15, 0.2) is 107 Å². The number of rotatable bonds is 9. The van der Waals surface area contributed by atoms with E-state index in [2.05, 4.69) is 10.6 Å². The normalized spacial score (nSPS) is 11.2. The molecule has 38 heavy (non-hydrogen) atoms. The monoisotopic (exact) mass is 523 g/mol. The van der Waals surface area contributed by atoms with Gasteiger partial charge in [0.1, 0.15) is 5.70 Å². The summed E-state index contributed by atoms with van der Waals surface area (Å²) in [7, 11) is 0. The average Bonchev–Trinajstić information content (AvgIpc) is 3.45. The van der Waals surface area contributed by atoms with Crippen molar-refractivity contribution in [3.8, 4) is 0 Å². The SMILES string of the molecule is O=C(Nc1ccc(C(=O)/C=C/c2ccc([N+](=O)[O-])cc2)cc1)/C(=C/c1ccsc1)NC(=O)c1ccccc1. The van der Waals surface area contributed by atoms with Crippen molar-refractivity contribution < 1.29 is 19.3 Å². The number of hydrogen-bond acceptors (Lipinski definition) is 6. The van der Waals surface area contributed by atoms with E-state index in [-0.39, 0.29) is 17.2 Å². The second kappa shape index (κ2) is 12.2. The van der Waals surface area contributed by atoms with Crippen LogP contribution in [0, 0.1) is 10.1 Å². The Morgan fingerprint density at radius 2 is 1.53 bits per heavy atom. The van der Waals surface area contributed by atoms with Crippen LogP contribution in [0.2, 0.25) is 0 Å². The van der Waals surface area contributed by atoms with Gasteiger partial charge in [-0.3, -0.25) is 24.5 Å². The third-order valence-corrected chi connectivity index (χ3v) is 6.04. The van der Waals surface area contributed by atoms with Crippen molar-refractivity contribution in [1.29, 1.82) is 0 Å². The van der Waals surface area contributed by atoms with Gasteiger partial charge in [0.05, 0.1) is 4.92 Å². The van der Waals surface area contributed by atoms with E-state index >= 15 is 0 Å². The molecule has 0 saturated carbocycles. The number of benzene rings is 3. The zero-order valence-electron chi connectivity index (χ0n) is 19.9. The lowest BCUT2D eigenvalue weighted by Gasteiger charge is -2.11. The van der Waals surface area contributed by atoms with Crippen LogP contribution in [0.25, 0.3) is 12.2 Å². The Balaban J connectivity index is 1.43. The van der Waals surface area contributed by atoms with Crippen molar-refractivity contribution in [2.24, 2.45) is 0 Å². The molecule has 4 rings (SSSR count). The Morgan fingerprint density at radius 3 is 2.16 bits per heavy atom. The topological polar surface area (TPSA) is 118 Å². The van der Waals surface area contributed by atoms with E-state index in [0.717, 1.165) is 5.56 Å². The van der Waals surface area contributed by atoms with Crippen LogP contribution in [0.3, 0.4) is 0 Å². The highest BCUT2D eigenvalue weighted by Crippen LogP contribution is 2.16. The number of carbonyl (C=O) groups is 3. The molecule has 0 radical (unpaired) electrons. The van der Waals surface area contributed by atoms with E-state index in [9.17, 15) is 24.5 Å². The predicted molar refractivity (Wildman–Crippen MR) is 148 cm³/mol. The molecule has 9 heteroatoms. The molecule has 0 saturated heterocycles. The third-order valence-electron chi connectivity index (χ3n) is 5.34. The lowest BCUT2D eigenvalue weighted by molar-refractivity contribution is -0.384. The van der Waals surface area contributed by atoms with Gasteiger partial charge in [-0.15, -0.1) is 0 Å². The number of amides is 2. The number of non-ortho nitro benzene ring substituents is 1. The average molecular weight is 524 g/mol. The lowest BCUT2D eigenvalue weighted by Crippen LogP contribution is -2.30. The molecule has 1 aromatic heterocycles. The Labute approximate surface area is 222 Å². The smallest absolute Gasteiger partial charge is 0.272 e. The first-order valence-corrected chi connectivity index (χ1v) is 12.3. The first kappa shape index (κ1) is 25.9. The van der Waals surface area contributed by atoms with E-state index < -0.39 is 16.7 Å². The maximum Gasteiger partial charge on any atom is 0.272 e. The maximum atomic E-state index is 13.0. The van der Waals surface area contributed by atoms with Gasteiger partial charge in [-0.2, -0.15) is 11.3 Å². The van der Waals surface area contributed by atoms with E-state index in [0.29, 0.717) is 22.4 Å². The van der Waals surface area contributed by atoms with Crippen molar-refractivity contribution in [3.05, 3.63) is 140 Å². The zero-order chi connectivity index (χ0) is 26.9. The molecule has 0 fully saturated rings. The summed E-state index contributed by atoms with van der Waals surface area (Å²) < 4.78 is 0. The van der Waals surface area contributed by atoms with Crippen LogP contribution in [-0.4, -0.2) is 22.5 Å². The molecule has 0 bridgehead atoms.